The van der Waals surface area contributed by atoms with Crippen LogP contribution in [-0.2, 0) is 4.74 Å². The predicted octanol–water partition coefficient (Wildman–Crippen LogP) is 5.92. The first kappa shape index (κ1) is 20.8. The van der Waals surface area contributed by atoms with Crippen LogP contribution in [0.4, 0.5) is 14.5 Å². The summed E-state index contributed by atoms with van der Waals surface area (Å²) in [4.78, 5) is 6.09. The number of amidine groups is 1. The molecule has 0 aliphatic carbocycles. The number of alkyl halides is 2. The highest BCUT2D eigenvalue weighted by atomic mass is 35.5. The van der Waals surface area contributed by atoms with E-state index in [0.29, 0.717) is 33.4 Å². The highest BCUT2D eigenvalue weighted by Gasteiger charge is 2.41. The Bertz CT molecular complexity index is 1060. The lowest BCUT2D eigenvalue weighted by atomic mass is 9.96. The van der Waals surface area contributed by atoms with E-state index in [4.69, 9.17) is 21.1 Å². The van der Waals surface area contributed by atoms with E-state index >= 15 is 0 Å². The summed E-state index contributed by atoms with van der Waals surface area (Å²) in [5, 5.41) is 0.437. The molecule has 0 fully saturated rings. The molecule has 0 saturated carbocycles. The molecule has 2 heterocycles. The van der Waals surface area contributed by atoms with E-state index in [1.807, 2.05) is 37.3 Å². The normalized spacial score (nSPS) is 19.1. The van der Waals surface area contributed by atoms with Gasteiger partial charge < -0.3 is 9.47 Å². The van der Waals surface area contributed by atoms with E-state index < -0.39 is 12.0 Å². The number of halogens is 3. The van der Waals surface area contributed by atoms with Gasteiger partial charge in [0.05, 0.1) is 30.1 Å². The van der Waals surface area contributed by atoms with Gasteiger partial charge in [-0.1, -0.05) is 41.4 Å². The number of rotatable bonds is 3. The number of anilines is 1. The second kappa shape index (κ2) is 7.67. The third kappa shape index (κ3) is 3.48. The van der Waals surface area contributed by atoms with Crippen LogP contribution in [0, 0.1) is 6.92 Å². The van der Waals surface area contributed by atoms with Gasteiger partial charge in [-0.05, 0) is 31.6 Å². The Balaban J connectivity index is 1.95. The fourth-order valence-electron chi connectivity index (χ4n) is 4.10. The molecule has 158 valence electrons. The molecular weight excluding hydrogens is 410 g/mol. The zero-order valence-electron chi connectivity index (χ0n) is 17.3. The number of allylic oxidation sites excluding steroid dienone is 1. The molecule has 2 aromatic rings. The summed E-state index contributed by atoms with van der Waals surface area (Å²) in [6.45, 7) is 4.88. The average Bonchev–Trinajstić information content (AvgIpc) is 2.84. The van der Waals surface area contributed by atoms with E-state index in [0.717, 1.165) is 18.1 Å². The molecule has 2 aromatic carbocycles. The molecule has 4 nitrogen and oxygen atoms in total. The maximum atomic E-state index is 14.7. The first-order valence-corrected chi connectivity index (χ1v) is 10.1. The van der Waals surface area contributed by atoms with E-state index in [1.165, 1.54) is 0 Å². The van der Waals surface area contributed by atoms with Crippen molar-refractivity contribution in [1.29, 1.82) is 0 Å². The zero-order chi connectivity index (χ0) is 21.6. The van der Waals surface area contributed by atoms with Gasteiger partial charge in [-0.2, -0.15) is 0 Å². The van der Waals surface area contributed by atoms with Crippen LogP contribution in [0.15, 0.2) is 52.7 Å². The van der Waals surface area contributed by atoms with Crippen molar-refractivity contribution in [2.75, 3.05) is 25.2 Å². The van der Waals surface area contributed by atoms with Crippen molar-refractivity contribution in [3.05, 3.63) is 69.4 Å². The number of fused-ring (bicyclic) bond motifs is 3. The highest BCUT2D eigenvalue weighted by molar-refractivity contribution is 6.33. The van der Waals surface area contributed by atoms with Crippen molar-refractivity contribution in [3.63, 3.8) is 0 Å². The van der Waals surface area contributed by atoms with E-state index in [-0.39, 0.29) is 18.8 Å². The minimum atomic E-state index is -3.03. The number of methoxy groups -OCH3 is 1. The summed E-state index contributed by atoms with van der Waals surface area (Å²) in [5.74, 6) is -2.03. The zero-order valence-corrected chi connectivity index (χ0v) is 18.1. The van der Waals surface area contributed by atoms with Crippen LogP contribution in [0.25, 0.3) is 0 Å². The Hall–Kier alpha value is -2.44. The predicted molar refractivity (Wildman–Crippen MR) is 115 cm³/mol. The number of aliphatic imine (C=N–C) groups is 1. The monoisotopic (exact) mass is 432 g/mol. The molecule has 0 N–H and O–H groups in total. The van der Waals surface area contributed by atoms with Gasteiger partial charge in [0.15, 0.2) is 0 Å². The molecular formula is C23H23ClF2N2O2. The number of aryl methyl sites for hydroxylation is 1. The molecule has 7 heteroatoms. The van der Waals surface area contributed by atoms with Gasteiger partial charge in [0.2, 0.25) is 0 Å². The lowest BCUT2D eigenvalue weighted by Gasteiger charge is -2.35. The molecule has 1 atom stereocenters. The van der Waals surface area contributed by atoms with Crippen molar-refractivity contribution < 1.29 is 18.3 Å². The molecule has 0 aromatic heterocycles. The molecule has 2 aliphatic rings. The van der Waals surface area contributed by atoms with Crippen molar-refractivity contribution in [1.82, 2.24) is 0 Å². The van der Waals surface area contributed by atoms with Gasteiger partial charge in [-0.25, -0.2) is 8.78 Å². The van der Waals surface area contributed by atoms with Crippen molar-refractivity contribution in [3.8, 4) is 5.75 Å². The van der Waals surface area contributed by atoms with Gasteiger partial charge >= 0.3 is 0 Å². The Labute approximate surface area is 179 Å². The lowest BCUT2D eigenvalue weighted by molar-refractivity contribution is 0.0603. The number of benzene rings is 2. The van der Waals surface area contributed by atoms with Crippen LogP contribution >= 0.6 is 11.6 Å². The van der Waals surface area contributed by atoms with Crippen LogP contribution in [0.3, 0.4) is 0 Å². The van der Waals surface area contributed by atoms with Gasteiger partial charge in [0.25, 0.3) is 5.92 Å². The molecule has 2 aliphatic heterocycles. The Morgan fingerprint density at radius 3 is 2.67 bits per heavy atom. The highest BCUT2D eigenvalue weighted by Crippen LogP contribution is 2.45. The second-order valence-electron chi connectivity index (χ2n) is 7.70. The Kier molecular flexibility index (Phi) is 5.32. The summed E-state index contributed by atoms with van der Waals surface area (Å²) >= 11 is 6.60. The Morgan fingerprint density at radius 1 is 1.20 bits per heavy atom. The minimum absolute atomic E-state index is 0.0430. The van der Waals surface area contributed by atoms with Crippen molar-refractivity contribution >= 4 is 23.1 Å². The van der Waals surface area contributed by atoms with Gasteiger partial charge in [0, 0.05) is 18.1 Å². The molecule has 0 saturated heterocycles. The van der Waals surface area contributed by atoms with Gasteiger partial charge in [-0.15, -0.1) is 0 Å². The topological polar surface area (TPSA) is 34.1 Å². The minimum Gasteiger partial charge on any atom is -0.495 e. The van der Waals surface area contributed by atoms with Gasteiger partial charge in [-0.3, -0.25) is 9.89 Å². The molecule has 4 rings (SSSR count). The summed E-state index contributed by atoms with van der Waals surface area (Å²) < 4.78 is 41.0. The smallest absolute Gasteiger partial charge is 0.285 e. The van der Waals surface area contributed by atoms with Crippen molar-refractivity contribution in [2.45, 2.75) is 32.8 Å². The number of hydrogen-bond acceptors (Lipinski definition) is 4. The maximum Gasteiger partial charge on any atom is 0.285 e. The summed E-state index contributed by atoms with van der Waals surface area (Å²) in [5.41, 5.74) is 3.58. The van der Waals surface area contributed by atoms with E-state index in [1.54, 1.807) is 25.0 Å². The lowest BCUT2D eigenvalue weighted by Crippen LogP contribution is -2.42. The standard InChI is InChI=1S/C23H23ClF2N2O2/c1-13-8-9-17-16(10-13)21(15-6-5-7-18(29-4)20(15)24)30-12-19-27-11-14(2)22(28(17)19)23(3,25)26/h5-10,21H,11-12H2,1-4H3/t21-/m1/s1. The molecule has 0 spiro atoms. The number of ether oxygens (including phenoxy) is 2. The molecule has 0 radical (unpaired) electrons. The summed E-state index contributed by atoms with van der Waals surface area (Å²) in [6.07, 6.45) is -0.553. The molecule has 0 amide bonds. The van der Waals surface area contributed by atoms with Crippen LogP contribution in [0.1, 0.15) is 36.6 Å². The average molecular weight is 433 g/mol. The SMILES string of the molecule is COc1cccc([C@H]2OCC3=NCC(C)=C(C(C)(F)F)N3c3ccc(C)cc32)c1Cl. The molecule has 0 unspecified atom stereocenters. The van der Waals surface area contributed by atoms with E-state index in [9.17, 15) is 8.78 Å². The fraction of sp³-hybridized carbons (Fsp3) is 0.348. The molecule has 30 heavy (non-hydrogen) atoms. The number of nitrogens with zero attached hydrogens (tertiary/aromatic N) is 2. The quantitative estimate of drug-likeness (QED) is 0.603. The fourth-order valence-corrected chi connectivity index (χ4v) is 4.40. The molecule has 0 bridgehead atoms. The van der Waals surface area contributed by atoms with Crippen LogP contribution in [-0.4, -0.2) is 32.0 Å². The largest absolute Gasteiger partial charge is 0.495 e. The summed E-state index contributed by atoms with van der Waals surface area (Å²) in [6, 6.07) is 11.2. The third-order valence-electron chi connectivity index (χ3n) is 5.38. The third-order valence-corrected chi connectivity index (χ3v) is 5.79. The van der Waals surface area contributed by atoms with Crippen molar-refractivity contribution in [2.24, 2.45) is 4.99 Å². The van der Waals surface area contributed by atoms with Crippen LogP contribution in [0.2, 0.25) is 5.02 Å². The van der Waals surface area contributed by atoms with E-state index in [2.05, 4.69) is 4.99 Å². The van der Waals surface area contributed by atoms with Gasteiger partial charge in [0.1, 0.15) is 24.3 Å². The number of hydrogen-bond donors (Lipinski definition) is 0. The maximum absolute atomic E-state index is 14.7. The Morgan fingerprint density at radius 2 is 1.97 bits per heavy atom. The first-order valence-electron chi connectivity index (χ1n) is 9.68. The van der Waals surface area contributed by atoms with Crippen LogP contribution in [0.5, 0.6) is 5.75 Å². The summed E-state index contributed by atoms with van der Waals surface area (Å²) in [7, 11) is 1.55. The first-order chi connectivity index (χ1) is 14.2. The van der Waals surface area contributed by atoms with Crippen LogP contribution < -0.4 is 9.64 Å². The second-order valence-corrected chi connectivity index (χ2v) is 8.08.